The van der Waals surface area contributed by atoms with Crippen LogP contribution in [0.2, 0.25) is 0 Å². The van der Waals surface area contributed by atoms with E-state index in [0.29, 0.717) is 12.3 Å². The summed E-state index contributed by atoms with van der Waals surface area (Å²) in [7, 11) is 3.28. The highest BCUT2D eigenvalue weighted by molar-refractivity contribution is 5.88. The minimum Gasteiger partial charge on any atom is -0.497 e. The molecular weight excluding hydrogens is 374 g/mol. The van der Waals surface area contributed by atoms with Crippen molar-refractivity contribution < 1.29 is 14.3 Å². The second-order valence-corrected chi connectivity index (χ2v) is 7.44. The van der Waals surface area contributed by atoms with Crippen LogP contribution < -0.4 is 4.74 Å². The molecule has 2 aromatic carbocycles. The molecule has 1 aliphatic heterocycles. The third kappa shape index (κ3) is 4.97. The van der Waals surface area contributed by atoms with Crippen molar-refractivity contribution >= 4 is 5.91 Å². The molecule has 0 radical (unpaired) electrons. The van der Waals surface area contributed by atoms with E-state index < -0.39 is 5.41 Å². The lowest BCUT2D eigenvalue weighted by molar-refractivity contribution is -0.134. The third-order valence-electron chi connectivity index (χ3n) is 5.42. The van der Waals surface area contributed by atoms with Gasteiger partial charge in [0.2, 0.25) is 5.91 Å². The highest BCUT2D eigenvalue weighted by atomic mass is 16.5. The topological polar surface area (TPSA) is 38.8 Å². The Morgan fingerprint density at radius 3 is 2.27 bits per heavy atom. The number of nitrogens with zero attached hydrogens (tertiary/aromatic N) is 1. The van der Waals surface area contributed by atoms with Gasteiger partial charge in [0, 0.05) is 13.1 Å². The first kappa shape index (κ1) is 21.4. The number of rotatable bonds is 5. The quantitative estimate of drug-likeness (QED) is 0.664. The van der Waals surface area contributed by atoms with Crippen LogP contribution in [0.15, 0.2) is 90.2 Å². The highest BCUT2D eigenvalue weighted by Crippen LogP contribution is 2.41. The number of carbonyl (C=O) groups is 1. The van der Waals surface area contributed by atoms with E-state index in [0.717, 1.165) is 29.9 Å². The number of benzene rings is 2. The van der Waals surface area contributed by atoms with Gasteiger partial charge in [0.25, 0.3) is 5.76 Å². The highest BCUT2D eigenvalue weighted by Gasteiger charge is 2.48. The fourth-order valence-corrected chi connectivity index (χ4v) is 3.57. The van der Waals surface area contributed by atoms with Gasteiger partial charge in [-0.1, -0.05) is 48.5 Å². The Labute approximate surface area is 179 Å². The van der Waals surface area contributed by atoms with E-state index >= 15 is 0 Å². The predicted octanol–water partition coefficient (Wildman–Crippen LogP) is 4.95. The first-order valence-corrected chi connectivity index (χ1v) is 10.1. The molecule has 2 aliphatic rings. The Bertz CT molecular complexity index is 931. The Hall–Kier alpha value is -3.36. The molecule has 4 nitrogen and oxygen atoms in total. The molecule has 1 heterocycles. The van der Waals surface area contributed by atoms with Gasteiger partial charge in [-0.05, 0) is 31.0 Å². The number of likely N-dealkylation sites (tertiary alicyclic amines) is 1. The van der Waals surface area contributed by atoms with Crippen molar-refractivity contribution in [3.63, 3.8) is 0 Å². The van der Waals surface area contributed by atoms with E-state index in [1.54, 1.807) is 14.2 Å². The third-order valence-corrected chi connectivity index (χ3v) is 5.42. The smallest absolute Gasteiger partial charge is 0.289 e. The minimum atomic E-state index is -0.511. The number of ether oxygens (including phenoxy) is 2. The normalized spacial score (nSPS) is 19.8. The van der Waals surface area contributed by atoms with Crippen LogP contribution in [0.3, 0.4) is 0 Å². The van der Waals surface area contributed by atoms with Crippen molar-refractivity contribution in [3.05, 3.63) is 102 Å². The molecule has 4 rings (SSSR count). The van der Waals surface area contributed by atoms with Gasteiger partial charge in [0.05, 0.1) is 38.5 Å². The summed E-state index contributed by atoms with van der Waals surface area (Å²) in [4.78, 5) is 14.8. The van der Waals surface area contributed by atoms with Gasteiger partial charge in [-0.3, -0.25) is 4.79 Å². The first-order chi connectivity index (χ1) is 14.6. The summed E-state index contributed by atoms with van der Waals surface area (Å²) in [5.41, 5.74) is 1.56. The number of carbonyl (C=O) groups excluding carboxylic acids is 1. The molecule has 1 unspecified atom stereocenters. The number of allylic oxidation sites excluding steroid dienone is 4. The maximum Gasteiger partial charge on any atom is 0.289 e. The SMILES string of the molecule is COC1=CC=CC(C2(C)CCN(Cc3ccccc3)C2=O)=[C+]1.COc1ccccc1. The molecular formula is C26H28NO3+. The summed E-state index contributed by atoms with van der Waals surface area (Å²) in [6.07, 6.45) is 9.77. The Balaban J connectivity index is 0.000000269. The number of para-hydroxylation sites is 1. The lowest BCUT2D eigenvalue weighted by Crippen LogP contribution is -2.33. The van der Waals surface area contributed by atoms with Crippen LogP contribution in [0.1, 0.15) is 18.9 Å². The second kappa shape index (κ2) is 9.91. The number of hydrogen-bond acceptors (Lipinski definition) is 3. The van der Waals surface area contributed by atoms with Crippen LogP contribution in [0, 0.1) is 11.5 Å². The fourth-order valence-electron chi connectivity index (χ4n) is 3.57. The van der Waals surface area contributed by atoms with Crippen molar-refractivity contribution in [2.75, 3.05) is 20.8 Å². The summed E-state index contributed by atoms with van der Waals surface area (Å²) in [5.74, 6) is 1.75. The minimum absolute atomic E-state index is 0.167. The molecule has 1 aliphatic carbocycles. The zero-order valence-corrected chi connectivity index (χ0v) is 17.8. The number of hydrogen-bond donors (Lipinski definition) is 0. The maximum atomic E-state index is 12.9. The van der Waals surface area contributed by atoms with Crippen LogP contribution in [-0.2, 0) is 16.1 Å². The average Bonchev–Trinajstić information content (AvgIpc) is 3.10. The molecule has 1 saturated heterocycles. The number of amides is 1. The predicted molar refractivity (Wildman–Crippen MR) is 119 cm³/mol. The molecule has 1 fully saturated rings. The van der Waals surface area contributed by atoms with Crippen LogP contribution in [0.5, 0.6) is 5.75 Å². The van der Waals surface area contributed by atoms with Crippen molar-refractivity contribution in [1.82, 2.24) is 4.90 Å². The molecule has 0 spiro atoms. The molecule has 0 aromatic heterocycles. The van der Waals surface area contributed by atoms with Gasteiger partial charge in [0.1, 0.15) is 16.7 Å². The summed E-state index contributed by atoms with van der Waals surface area (Å²) in [6, 6.07) is 19.8. The summed E-state index contributed by atoms with van der Waals surface area (Å²) in [5, 5.41) is 0. The molecule has 0 bridgehead atoms. The standard InChI is InChI=1S/C19H20NO2.C7H8O/c1-19(16-9-6-10-17(13-16)22-2)11-12-20(18(19)21)14-15-7-4-3-5-8-15;1-8-7-5-3-2-4-6-7/h3-10H,11-12,14H2,1-2H3;2-6H,1H3/q+1;. The second-order valence-electron chi connectivity index (χ2n) is 7.44. The fraction of sp³-hybridized carbons (Fsp3) is 0.269. The van der Waals surface area contributed by atoms with Gasteiger partial charge < -0.3 is 14.4 Å². The summed E-state index contributed by atoms with van der Waals surface area (Å²) < 4.78 is 10.2. The van der Waals surface area contributed by atoms with Gasteiger partial charge in [-0.15, -0.1) is 0 Å². The van der Waals surface area contributed by atoms with E-state index in [9.17, 15) is 4.79 Å². The average molecular weight is 403 g/mol. The van der Waals surface area contributed by atoms with Crippen LogP contribution in [-0.4, -0.2) is 31.6 Å². The van der Waals surface area contributed by atoms with Gasteiger partial charge in [-0.25, -0.2) is 0 Å². The summed E-state index contributed by atoms with van der Waals surface area (Å²) in [6.45, 7) is 3.44. The lowest BCUT2D eigenvalue weighted by atomic mass is 9.79. The van der Waals surface area contributed by atoms with Gasteiger partial charge in [0.15, 0.2) is 0 Å². The van der Waals surface area contributed by atoms with E-state index in [1.165, 1.54) is 0 Å². The molecule has 4 heteroatoms. The van der Waals surface area contributed by atoms with E-state index in [4.69, 9.17) is 9.47 Å². The largest absolute Gasteiger partial charge is 0.497 e. The van der Waals surface area contributed by atoms with Gasteiger partial charge >= 0.3 is 0 Å². The summed E-state index contributed by atoms with van der Waals surface area (Å²) >= 11 is 0. The van der Waals surface area contributed by atoms with Crippen molar-refractivity contribution in [1.29, 1.82) is 0 Å². The molecule has 0 saturated carbocycles. The molecule has 1 atom stereocenters. The Kier molecular flexibility index (Phi) is 7.05. The van der Waals surface area contributed by atoms with Crippen LogP contribution in [0.4, 0.5) is 0 Å². The molecule has 2 aromatic rings. The van der Waals surface area contributed by atoms with Crippen molar-refractivity contribution in [2.24, 2.45) is 5.41 Å². The van der Waals surface area contributed by atoms with Crippen LogP contribution in [0.25, 0.3) is 0 Å². The Morgan fingerprint density at radius 1 is 1.00 bits per heavy atom. The molecule has 154 valence electrons. The van der Waals surface area contributed by atoms with Crippen molar-refractivity contribution in [3.8, 4) is 5.75 Å². The maximum absolute atomic E-state index is 12.9. The zero-order valence-electron chi connectivity index (χ0n) is 17.8. The van der Waals surface area contributed by atoms with E-state index in [2.05, 4.69) is 18.2 Å². The van der Waals surface area contributed by atoms with Crippen LogP contribution >= 0.6 is 0 Å². The molecule has 30 heavy (non-hydrogen) atoms. The zero-order chi connectivity index (χ0) is 21.4. The monoisotopic (exact) mass is 402 g/mol. The molecule has 0 N–H and O–H groups in total. The van der Waals surface area contributed by atoms with Gasteiger partial charge in [-0.2, -0.15) is 0 Å². The Morgan fingerprint density at radius 2 is 1.67 bits per heavy atom. The molecule has 1 amide bonds. The number of methoxy groups -OCH3 is 2. The first-order valence-electron chi connectivity index (χ1n) is 10.1. The lowest BCUT2D eigenvalue weighted by Gasteiger charge is -2.22. The van der Waals surface area contributed by atoms with E-state index in [1.807, 2.05) is 78.6 Å². The van der Waals surface area contributed by atoms with Crippen molar-refractivity contribution in [2.45, 2.75) is 19.9 Å². The van der Waals surface area contributed by atoms with E-state index in [-0.39, 0.29) is 5.91 Å².